The molecule has 2 saturated heterocycles. The summed E-state index contributed by atoms with van der Waals surface area (Å²) >= 11 is 0. The second-order valence-corrected chi connectivity index (χ2v) is 8.09. The molecule has 0 spiro atoms. The highest BCUT2D eigenvalue weighted by Crippen LogP contribution is 2.35. The first kappa shape index (κ1) is 26.3. The van der Waals surface area contributed by atoms with E-state index in [2.05, 4.69) is 17.6 Å². The molecule has 1 atom stereocenters. The van der Waals surface area contributed by atoms with E-state index in [1.807, 2.05) is 12.1 Å². The minimum absolute atomic E-state index is 0. The number of aliphatic imine (C=N–C) groups is 1. The SMILES string of the molecule is CCNC(=NCC1(c2ccc(F)cc2)CCOCC1)NCCCOCC1CCCO1.I. The lowest BCUT2D eigenvalue weighted by atomic mass is 9.74. The van der Waals surface area contributed by atoms with Crippen LogP contribution in [0.1, 0.15) is 44.6 Å². The molecule has 6 nitrogen and oxygen atoms in total. The van der Waals surface area contributed by atoms with Gasteiger partial charge in [0.15, 0.2) is 5.96 Å². The monoisotopic (exact) mass is 549 g/mol. The van der Waals surface area contributed by atoms with E-state index >= 15 is 0 Å². The summed E-state index contributed by atoms with van der Waals surface area (Å²) in [5.41, 5.74) is 1.02. The van der Waals surface area contributed by atoms with Crippen LogP contribution in [0.25, 0.3) is 0 Å². The molecular formula is C23H37FIN3O3. The molecule has 0 radical (unpaired) electrons. The molecule has 0 aromatic heterocycles. The molecule has 1 aromatic carbocycles. The predicted molar refractivity (Wildman–Crippen MR) is 132 cm³/mol. The molecule has 0 aliphatic carbocycles. The number of hydrogen-bond acceptors (Lipinski definition) is 4. The number of hydrogen-bond donors (Lipinski definition) is 2. The first-order chi connectivity index (χ1) is 14.7. The maximum absolute atomic E-state index is 13.4. The molecule has 0 saturated carbocycles. The summed E-state index contributed by atoms with van der Waals surface area (Å²) in [6, 6.07) is 6.86. The molecule has 1 aromatic rings. The molecule has 2 aliphatic rings. The van der Waals surface area contributed by atoms with Crippen LogP contribution in [-0.2, 0) is 19.6 Å². The molecular weight excluding hydrogens is 512 g/mol. The van der Waals surface area contributed by atoms with Crippen LogP contribution in [0, 0.1) is 5.82 Å². The molecule has 2 fully saturated rings. The number of nitrogens with one attached hydrogen (secondary N) is 2. The Morgan fingerprint density at radius 2 is 1.97 bits per heavy atom. The topological polar surface area (TPSA) is 64.1 Å². The van der Waals surface area contributed by atoms with Crippen molar-refractivity contribution in [2.45, 2.75) is 50.5 Å². The van der Waals surface area contributed by atoms with Crippen molar-refractivity contribution < 1.29 is 18.6 Å². The fourth-order valence-electron chi connectivity index (χ4n) is 4.05. The van der Waals surface area contributed by atoms with Crippen LogP contribution in [0.15, 0.2) is 29.3 Å². The Bertz CT molecular complexity index is 648. The summed E-state index contributed by atoms with van der Waals surface area (Å²) in [4.78, 5) is 4.87. The van der Waals surface area contributed by atoms with Crippen molar-refractivity contribution in [2.24, 2.45) is 4.99 Å². The van der Waals surface area contributed by atoms with Crippen molar-refractivity contribution in [1.29, 1.82) is 0 Å². The number of ether oxygens (including phenoxy) is 3. The molecule has 8 heteroatoms. The standard InChI is InChI=1S/C23H36FN3O3.HI/c1-2-25-22(26-12-4-13-29-17-21-5-3-14-30-21)27-18-23(10-15-28-16-11-23)19-6-8-20(24)9-7-19;/h6-9,21H,2-5,10-18H2,1H3,(H2,25,26,27);1H. The molecule has 2 N–H and O–H groups in total. The zero-order valence-corrected chi connectivity index (χ0v) is 20.9. The van der Waals surface area contributed by atoms with Crippen LogP contribution in [0.3, 0.4) is 0 Å². The van der Waals surface area contributed by atoms with Crippen molar-refractivity contribution >= 4 is 29.9 Å². The van der Waals surface area contributed by atoms with Crippen molar-refractivity contribution in [2.75, 3.05) is 52.7 Å². The summed E-state index contributed by atoms with van der Waals surface area (Å²) in [5, 5.41) is 6.73. The number of nitrogens with zero attached hydrogens (tertiary/aromatic N) is 1. The second kappa shape index (κ2) is 14.2. The van der Waals surface area contributed by atoms with Gasteiger partial charge >= 0.3 is 0 Å². The van der Waals surface area contributed by atoms with E-state index in [-0.39, 0.29) is 41.3 Å². The predicted octanol–water partition coefficient (Wildman–Crippen LogP) is 3.63. The highest BCUT2D eigenvalue weighted by molar-refractivity contribution is 14.0. The van der Waals surface area contributed by atoms with Crippen molar-refractivity contribution in [3.8, 4) is 0 Å². The van der Waals surface area contributed by atoms with Gasteiger partial charge in [-0.3, -0.25) is 4.99 Å². The molecule has 176 valence electrons. The number of guanidine groups is 1. The number of rotatable bonds is 10. The maximum Gasteiger partial charge on any atom is 0.191 e. The number of halogens is 2. The smallest absolute Gasteiger partial charge is 0.191 e. The van der Waals surface area contributed by atoms with Gasteiger partial charge in [0.25, 0.3) is 0 Å². The minimum atomic E-state index is -0.207. The van der Waals surface area contributed by atoms with Crippen LogP contribution < -0.4 is 10.6 Å². The normalized spacial score (nSPS) is 20.8. The molecule has 0 amide bonds. The average molecular weight is 549 g/mol. The Morgan fingerprint density at radius 3 is 2.65 bits per heavy atom. The third kappa shape index (κ3) is 8.47. The zero-order valence-electron chi connectivity index (χ0n) is 18.5. The van der Waals surface area contributed by atoms with E-state index in [0.29, 0.717) is 33.0 Å². The molecule has 31 heavy (non-hydrogen) atoms. The van der Waals surface area contributed by atoms with Gasteiger partial charge in [-0.1, -0.05) is 12.1 Å². The lowest BCUT2D eigenvalue weighted by Gasteiger charge is -2.36. The summed E-state index contributed by atoms with van der Waals surface area (Å²) in [6.45, 7) is 7.98. The van der Waals surface area contributed by atoms with E-state index in [1.54, 1.807) is 0 Å². The van der Waals surface area contributed by atoms with Gasteiger partial charge in [0, 0.05) is 44.9 Å². The van der Waals surface area contributed by atoms with Crippen molar-refractivity contribution in [3.63, 3.8) is 0 Å². The average Bonchev–Trinajstić information content (AvgIpc) is 3.29. The summed E-state index contributed by atoms with van der Waals surface area (Å²) < 4.78 is 30.3. The Morgan fingerprint density at radius 1 is 1.19 bits per heavy atom. The molecule has 2 aliphatic heterocycles. The quantitative estimate of drug-likeness (QED) is 0.202. The molecule has 2 heterocycles. The van der Waals surface area contributed by atoms with Gasteiger partial charge in [0.05, 0.1) is 19.3 Å². The fourth-order valence-corrected chi connectivity index (χ4v) is 4.05. The largest absolute Gasteiger partial charge is 0.381 e. The van der Waals surface area contributed by atoms with Crippen LogP contribution in [0.5, 0.6) is 0 Å². The Balaban J connectivity index is 0.00000341. The van der Waals surface area contributed by atoms with Gasteiger partial charge in [0.2, 0.25) is 0 Å². The molecule has 0 bridgehead atoms. The summed E-state index contributed by atoms with van der Waals surface area (Å²) in [7, 11) is 0. The van der Waals surface area contributed by atoms with Crippen molar-refractivity contribution in [1.82, 2.24) is 10.6 Å². The Labute approximate surface area is 202 Å². The Kier molecular flexibility index (Phi) is 12.1. The van der Waals surface area contributed by atoms with Gasteiger partial charge in [-0.15, -0.1) is 24.0 Å². The Hall–Kier alpha value is -0.970. The second-order valence-electron chi connectivity index (χ2n) is 8.09. The van der Waals surface area contributed by atoms with Crippen LogP contribution >= 0.6 is 24.0 Å². The highest BCUT2D eigenvalue weighted by atomic mass is 127. The van der Waals surface area contributed by atoms with Gasteiger partial charge < -0.3 is 24.8 Å². The zero-order chi connectivity index (χ0) is 21.1. The molecule has 3 rings (SSSR count). The third-order valence-corrected chi connectivity index (χ3v) is 5.88. The van der Waals surface area contributed by atoms with Gasteiger partial charge in [0.1, 0.15) is 5.82 Å². The van der Waals surface area contributed by atoms with Gasteiger partial charge in [-0.25, -0.2) is 4.39 Å². The third-order valence-electron chi connectivity index (χ3n) is 5.88. The van der Waals surface area contributed by atoms with Crippen LogP contribution in [0.2, 0.25) is 0 Å². The van der Waals surface area contributed by atoms with E-state index in [1.165, 1.54) is 12.1 Å². The summed E-state index contributed by atoms with van der Waals surface area (Å²) in [6.07, 6.45) is 5.21. The lowest BCUT2D eigenvalue weighted by Crippen LogP contribution is -2.41. The van der Waals surface area contributed by atoms with Crippen LogP contribution in [0.4, 0.5) is 4.39 Å². The van der Waals surface area contributed by atoms with E-state index < -0.39 is 0 Å². The van der Waals surface area contributed by atoms with Crippen molar-refractivity contribution in [3.05, 3.63) is 35.6 Å². The highest BCUT2D eigenvalue weighted by Gasteiger charge is 2.34. The first-order valence-electron chi connectivity index (χ1n) is 11.3. The van der Waals surface area contributed by atoms with Crippen LogP contribution in [-0.4, -0.2) is 64.7 Å². The van der Waals surface area contributed by atoms with E-state index in [4.69, 9.17) is 19.2 Å². The molecule has 1 unspecified atom stereocenters. The van der Waals surface area contributed by atoms with E-state index in [0.717, 1.165) is 63.3 Å². The maximum atomic E-state index is 13.4. The fraction of sp³-hybridized carbons (Fsp3) is 0.696. The number of benzene rings is 1. The van der Waals surface area contributed by atoms with Gasteiger partial charge in [-0.05, 0) is 56.7 Å². The lowest BCUT2D eigenvalue weighted by molar-refractivity contribution is 0.0168. The van der Waals surface area contributed by atoms with Gasteiger partial charge in [-0.2, -0.15) is 0 Å². The summed E-state index contributed by atoms with van der Waals surface area (Å²) in [5.74, 6) is 0.603. The minimum Gasteiger partial charge on any atom is -0.381 e. The van der Waals surface area contributed by atoms with E-state index in [9.17, 15) is 4.39 Å². The first-order valence-corrected chi connectivity index (χ1v) is 11.3.